The van der Waals surface area contributed by atoms with Crippen molar-refractivity contribution in [3.8, 4) is 0 Å². The molecule has 1 aromatic rings. The Balaban J connectivity index is 3.01. The van der Waals surface area contributed by atoms with Gasteiger partial charge in [-0.15, -0.1) is 0 Å². The van der Waals surface area contributed by atoms with Crippen molar-refractivity contribution in [3.05, 3.63) is 35.4 Å². The van der Waals surface area contributed by atoms with Crippen LogP contribution in [0.4, 0.5) is 4.39 Å². The molecule has 0 unspecified atom stereocenters. The summed E-state index contributed by atoms with van der Waals surface area (Å²) in [5, 5.41) is 11.3. The highest BCUT2D eigenvalue weighted by Crippen LogP contribution is 2.24. The number of benzene rings is 1. The molecule has 0 saturated heterocycles. The second-order valence-corrected chi connectivity index (χ2v) is 3.54. The Morgan fingerprint density at radius 2 is 1.86 bits per heavy atom. The third-order valence-corrected chi connectivity index (χ3v) is 1.97. The number of hydrogen-bond donors (Lipinski definition) is 2. The van der Waals surface area contributed by atoms with Crippen LogP contribution in [0.5, 0.6) is 0 Å². The molecule has 0 aliphatic carbocycles. The topological polar surface area (TPSA) is 58.6 Å². The fourth-order valence-corrected chi connectivity index (χ4v) is 1.10. The van der Waals surface area contributed by atoms with E-state index in [4.69, 9.17) is 10.9 Å². The van der Waals surface area contributed by atoms with Crippen LogP contribution in [0.2, 0.25) is 0 Å². The van der Waals surface area contributed by atoms with Crippen LogP contribution in [0.3, 0.4) is 0 Å². The molecule has 0 amide bonds. The third kappa shape index (κ3) is 2.22. The highest BCUT2D eigenvalue weighted by atomic mass is 19.1. The number of oxime groups is 1. The fourth-order valence-electron chi connectivity index (χ4n) is 1.10. The van der Waals surface area contributed by atoms with E-state index in [1.54, 1.807) is 24.3 Å². The Kier molecular flexibility index (Phi) is 2.74. The van der Waals surface area contributed by atoms with Gasteiger partial charge in [-0.25, -0.2) is 4.39 Å². The minimum absolute atomic E-state index is 0.0215. The van der Waals surface area contributed by atoms with E-state index < -0.39 is 5.67 Å². The molecule has 3 nitrogen and oxygen atoms in total. The van der Waals surface area contributed by atoms with E-state index in [2.05, 4.69) is 5.16 Å². The smallest absolute Gasteiger partial charge is 0.170 e. The van der Waals surface area contributed by atoms with E-state index in [0.29, 0.717) is 11.1 Å². The van der Waals surface area contributed by atoms with Crippen molar-refractivity contribution in [3.63, 3.8) is 0 Å². The number of nitrogens with two attached hydrogens (primary N) is 1. The largest absolute Gasteiger partial charge is 0.409 e. The fraction of sp³-hybridized carbons (Fsp3) is 0.300. The molecule has 3 N–H and O–H groups in total. The van der Waals surface area contributed by atoms with E-state index in [9.17, 15) is 4.39 Å². The molecule has 0 aromatic heterocycles. The zero-order valence-electron chi connectivity index (χ0n) is 8.16. The number of nitrogens with zero attached hydrogens (tertiary/aromatic N) is 1. The van der Waals surface area contributed by atoms with E-state index >= 15 is 0 Å². The van der Waals surface area contributed by atoms with Crippen LogP contribution >= 0.6 is 0 Å². The molecule has 0 aliphatic rings. The number of alkyl halides is 1. The number of halogens is 1. The normalized spacial score (nSPS) is 12.9. The van der Waals surface area contributed by atoms with Gasteiger partial charge in [-0.05, 0) is 19.4 Å². The van der Waals surface area contributed by atoms with Crippen LogP contribution < -0.4 is 5.73 Å². The van der Waals surface area contributed by atoms with E-state index in [0.717, 1.165) is 0 Å². The molecule has 76 valence electrons. The summed E-state index contributed by atoms with van der Waals surface area (Å²) >= 11 is 0. The molecule has 0 spiro atoms. The van der Waals surface area contributed by atoms with Crippen LogP contribution in [-0.2, 0) is 5.67 Å². The highest BCUT2D eigenvalue weighted by molar-refractivity contribution is 5.96. The summed E-state index contributed by atoms with van der Waals surface area (Å²) < 4.78 is 13.4. The van der Waals surface area contributed by atoms with Crippen LogP contribution in [0.25, 0.3) is 0 Å². The quantitative estimate of drug-likeness (QED) is 0.329. The van der Waals surface area contributed by atoms with Gasteiger partial charge < -0.3 is 10.9 Å². The average Bonchev–Trinajstić information content (AvgIpc) is 2.15. The lowest BCUT2D eigenvalue weighted by molar-refractivity contribution is 0.221. The second-order valence-electron chi connectivity index (χ2n) is 3.54. The SMILES string of the molecule is CC(C)(F)c1ccc(/C(N)=N/O)cc1. The predicted molar refractivity (Wildman–Crippen MR) is 53.1 cm³/mol. The van der Waals surface area contributed by atoms with E-state index in [1.807, 2.05) is 0 Å². The van der Waals surface area contributed by atoms with Gasteiger partial charge in [0.05, 0.1) is 0 Å². The minimum Gasteiger partial charge on any atom is -0.409 e. The maximum Gasteiger partial charge on any atom is 0.170 e. The van der Waals surface area contributed by atoms with Gasteiger partial charge in [0.2, 0.25) is 0 Å². The molecule has 0 bridgehead atoms. The van der Waals surface area contributed by atoms with Crippen LogP contribution in [0.1, 0.15) is 25.0 Å². The van der Waals surface area contributed by atoms with Crippen LogP contribution in [-0.4, -0.2) is 11.0 Å². The summed E-state index contributed by atoms with van der Waals surface area (Å²) in [6.07, 6.45) is 0. The zero-order chi connectivity index (χ0) is 10.8. The van der Waals surface area contributed by atoms with Gasteiger partial charge in [0.25, 0.3) is 0 Å². The van der Waals surface area contributed by atoms with Crippen molar-refractivity contribution in [2.45, 2.75) is 19.5 Å². The maximum absolute atomic E-state index is 13.4. The van der Waals surface area contributed by atoms with Crippen LogP contribution in [0, 0.1) is 0 Å². The maximum atomic E-state index is 13.4. The Hall–Kier alpha value is -1.58. The molecule has 14 heavy (non-hydrogen) atoms. The molecule has 1 rings (SSSR count). The summed E-state index contributed by atoms with van der Waals surface area (Å²) in [4.78, 5) is 0. The molecular weight excluding hydrogens is 183 g/mol. The number of rotatable bonds is 2. The first-order valence-electron chi connectivity index (χ1n) is 4.22. The van der Waals surface area contributed by atoms with Gasteiger partial charge in [-0.3, -0.25) is 0 Å². The first-order valence-corrected chi connectivity index (χ1v) is 4.22. The molecule has 0 saturated carbocycles. The highest BCUT2D eigenvalue weighted by Gasteiger charge is 2.18. The number of hydrogen-bond acceptors (Lipinski definition) is 2. The van der Waals surface area contributed by atoms with Gasteiger partial charge in [0.15, 0.2) is 5.84 Å². The third-order valence-electron chi connectivity index (χ3n) is 1.97. The lowest BCUT2D eigenvalue weighted by Gasteiger charge is -2.14. The molecule has 0 aliphatic heterocycles. The molecule has 4 heteroatoms. The van der Waals surface area contributed by atoms with Crippen molar-refractivity contribution in [1.29, 1.82) is 0 Å². The standard InChI is InChI=1S/C10H13FN2O/c1-10(2,11)8-5-3-7(4-6-8)9(12)13-14/h3-6,14H,1-2H3,(H2,12,13). The van der Waals surface area contributed by atoms with Gasteiger partial charge in [0, 0.05) is 5.56 Å². The average molecular weight is 196 g/mol. The Labute approximate surface area is 82.0 Å². The number of amidine groups is 1. The summed E-state index contributed by atoms with van der Waals surface area (Å²) in [5.41, 5.74) is 5.12. The summed E-state index contributed by atoms with van der Waals surface area (Å²) in [6.45, 7) is 2.96. The Morgan fingerprint density at radius 1 is 1.36 bits per heavy atom. The first kappa shape index (κ1) is 10.5. The van der Waals surface area contributed by atoms with Crippen molar-refractivity contribution in [1.82, 2.24) is 0 Å². The molecule has 0 heterocycles. The molecule has 0 atom stereocenters. The molecule has 0 radical (unpaired) electrons. The zero-order valence-corrected chi connectivity index (χ0v) is 8.16. The van der Waals surface area contributed by atoms with Crippen LogP contribution in [0.15, 0.2) is 29.4 Å². The first-order chi connectivity index (χ1) is 6.45. The van der Waals surface area contributed by atoms with Crippen molar-refractivity contribution < 1.29 is 9.60 Å². The monoisotopic (exact) mass is 196 g/mol. The molecule has 0 fully saturated rings. The van der Waals surface area contributed by atoms with E-state index in [-0.39, 0.29) is 5.84 Å². The van der Waals surface area contributed by atoms with Crippen molar-refractivity contribution in [2.75, 3.05) is 0 Å². The van der Waals surface area contributed by atoms with E-state index in [1.165, 1.54) is 13.8 Å². The van der Waals surface area contributed by atoms with Gasteiger partial charge >= 0.3 is 0 Å². The van der Waals surface area contributed by atoms with Crippen molar-refractivity contribution >= 4 is 5.84 Å². The second kappa shape index (κ2) is 3.65. The minimum atomic E-state index is -1.37. The predicted octanol–water partition coefficient (Wildman–Crippen LogP) is 1.99. The van der Waals surface area contributed by atoms with Gasteiger partial charge in [-0.1, -0.05) is 29.4 Å². The molecule has 1 aromatic carbocycles. The summed E-state index contributed by atoms with van der Waals surface area (Å²) in [5.74, 6) is 0.0215. The Bertz CT molecular complexity index is 338. The lowest BCUT2D eigenvalue weighted by Crippen LogP contribution is -2.14. The lowest BCUT2D eigenvalue weighted by atomic mass is 9.99. The Morgan fingerprint density at radius 3 is 2.21 bits per heavy atom. The summed E-state index contributed by atoms with van der Waals surface area (Å²) in [7, 11) is 0. The van der Waals surface area contributed by atoms with Crippen molar-refractivity contribution in [2.24, 2.45) is 10.9 Å². The van der Waals surface area contributed by atoms with Gasteiger partial charge in [-0.2, -0.15) is 0 Å². The van der Waals surface area contributed by atoms with Gasteiger partial charge in [0.1, 0.15) is 5.67 Å². The summed E-state index contributed by atoms with van der Waals surface area (Å²) in [6, 6.07) is 6.47. The molecular formula is C10H13FN2O.